The second-order valence-electron chi connectivity index (χ2n) is 8.33. The Labute approximate surface area is 168 Å². The highest BCUT2D eigenvalue weighted by Gasteiger charge is 2.37. The molecule has 0 spiro atoms. The molecule has 1 unspecified atom stereocenters. The zero-order chi connectivity index (χ0) is 21.5. The number of carbonyl (C=O) groups excluding carboxylic acids is 1. The van der Waals surface area contributed by atoms with Crippen LogP contribution in [0.1, 0.15) is 55.0 Å². The van der Waals surface area contributed by atoms with Crippen LogP contribution in [-0.4, -0.2) is 44.9 Å². The fourth-order valence-corrected chi connectivity index (χ4v) is 3.78. The van der Waals surface area contributed by atoms with Crippen LogP contribution in [0.5, 0.6) is 0 Å². The van der Waals surface area contributed by atoms with Gasteiger partial charge in [0.15, 0.2) is 11.6 Å². The summed E-state index contributed by atoms with van der Waals surface area (Å²) in [6.45, 7) is 9.89. The Morgan fingerprint density at radius 3 is 2.62 bits per heavy atom. The van der Waals surface area contributed by atoms with Crippen LogP contribution < -0.4 is 5.32 Å². The number of rotatable bonds is 4. The summed E-state index contributed by atoms with van der Waals surface area (Å²) in [5.41, 5.74) is 2.27. The number of H-pyrrole nitrogens is 1. The quantitative estimate of drug-likeness (QED) is 0.684. The number of aliphatic hydroxyl groups is 1. The van der Waals surface area contributed by atoms with Crippen molar-refractivity contribution in [3.63, 3.8) is 0 Å². The minimum atomic E-state index is -1.08. The first-order chi connectivity index (χ1) is 13.5. The van der Waals surface area contributed by atoms with Crippen LogP contribution in [0.3, 0.4) is 0 Å². The van der Waals surface area contributed by atoms with Gasteiger partial charge in [0.1, 0.15) is 6.23 Å². The predicted octanol–water partition coefficient (Wildman–Crippen LogP) is 3.09. The smallest absolute Gasteiger partial charge is 0.257 e. The van der Waals surface area contributed by atoms with Crippen molar-refractivity contribution in [3.05, 3.63) is 58.5 Å². The average molecular weight is 404 g/mol. The van der Waals surface area contributed by atoms with Gasteiger partial charge in [-0.15, -0.1) is 0 Å². The van der Waals surface area contributed by atoms with Gasteiger partial charge in [-0.2, -0.15) is 5.10 Å². The Hall–Kier alpha value is -2.58. The van der Waals surface area contributed by atoms with Gasteiger partial charge in [-0.25, -0.2) is 8.78 Å². The molecular formula is C21H26F2N4O2. The maximum absolute atomic E-state index is 13.7. The predicted molar refractivity (Wildman–Crippen MR) is 106 cm³/mol. The normalized spacial score (nSPS) is 17.0. The number of nitrogens with one attached hydrogen (secondary N) is 2. The van der Waals surface area contributed by atoms with Crippen LogP contribution in [0.25, 0.3) is 5.57 Å². The molecule has 2 aromatic rings. The molecule has 8 heteroatoms. The number of aromatic amines is 1. The molecule has 0 saturated heterocycles. The highest BCUT2D eigenvalue weighted by molar-refractivity contribution is 5.96. The summed E-state index contributed by atoms with van der Waals surface area (Å²) in [5.74, 6) is -2.58. The maximum Gasteiger partial charge on any atom is 0.257 e. The van der Waals surface area contributed by atoms with E-state index in [9.17, 15) is 18.7 Å². The van der Waals surface area contributed by atoms with Crippen molar-refractivity contribution in [2.75, 3.05) is 6.54 Å². The molecule has 0 bridgehead atoms. The van der Waals surface area contributed by atoms with E-state index in [0.717, 1.165) is 23.4 Å². The van der Waals surface area contributed by atoms with Crippen LogP contribution in [0.4, 0.5) is 8.78 Å². The number of amides is 1. The Bertz CT molecular complexity index is 966. The molecule has 29 heavy (non-hydrogen) atoms. The molecular weight excluding hydrogens is 378 g/mol. The molecule has 156 valence electrons. The summed E-state index contributed by atoms with van der Waals surface area (Å²) >= 11 is 0. The fourth-order valence-electron chi connectivity index (χ4n) is 3.78. The summed E-state index contributed by atoms with van der Waals surface area (Å²) in [4.78, 5) is 14.5. The SMILES string of the molecule is Cc1[nH]nc2c1C(C)(C)CN(C(=O)c1ccc(F)c(F)c1)C=C2C(O)NC(C)C. The van der Waals surface area contributed by atoms with Gasteiger partial charge >= 0.3 is 0 Å². The highest BCUT2D eigenvalue weighted by atomic mass is 19.2. The Morgan fingerprint density at radius 2 is 2.00 bits per heavy atom. The largest absolute Gasteiger partial charge is 0.374 e. The minimum absolute atomic E-state index is 0.0130. The molecule has 6 nitrogen and oxygen atoms in total. The van der Waals surface area contributed by atoms with Crippen LogP contribution in [-0.2, 0) is 5.41 Å². The number of fused-ring (bicyclic) bond motifs is 1. The molecule has 2 heterocycles. The van der Waals surface area contributed by atoms with Crippen molar-refractivity contribution < 1.29 is 18.7 Å². The van der Waals surface area contributed by atoms with E-state index in [4.69, 9.17) is 0 Å². The summed E-state index contributed by atoms with van der Waals surface area (Å²) < 4.78 is 27.0. The van der Waals surface area contributed by atoms with Crippen molar-refractivity contribution >= 4 is 11.5 Å². The Morgan fingerprint density at radius 1 is 1.31 bits per heavy atom. The number of carbonyl (C=O) groups is 1. The molecule has 0 fully saturated rings. The lowest BCUT2D eigenvalue weighted by molar-refractivity contribution is 0.0798. The number of benzene rings is 1. The monoisotopic (exact) mass is 404 g/mol. The number of aromatic nitrogens is 2. The first-order valence-corrected chi connectivity index (χ1v) is 9.49. The van der Waals surface area contributed by atoms with Gasteiger partial charge < -0.3 is 10.0 Å². The van der Waals surface area contributed by atoms with Gasteiger partial charge in [0, 0.05) is 46.6 Å². The lowest BCUT2D eigenvalue weighted by Gasteiger charge is -2.29. The van der Waals surface area contributed by atoms with Crippen molar-refractivity contribution in [1.29, 1.82) is 0 Å². The number of hydrogen-bond acceptors (Lipinski definition) is 4. The lowest BCUT2D eigenvalue weighted by Crippen LogP contribution is -2.38. The molecule has 1 aromatic carbocycles. The first-order valence-electron chi connectivity index (χ1n) is 9.49. The first kappa shape index (κ1) is 21.1. The van der Waals surface area contributed by atoms with E-state index in [2.05, 4.69) is 15.5 Å². The molecule has 0 radical (unpaired) electrons. The van der Waals surface area contributed by atoms with Gasteiger partial charge in [-0.3, -0.25) is 15.2 Å². The zero-order valence-corrected chi connectivity index (χ0v) is 17.2. The number of halogens is 2. The standard InChI is InChI=1S/C21H26F2N4O2/c1-11(2)24-19(28)14-9-27(20(29)13-6-7-15(22)16(23)8-13)10-21(4,5)17-12(3)25-26-18(14)17/h6-9,11,19,24,28H,10H2,1-5H3,(H,25,26). The molecule has 1 aromatic heterocycles. The zero-order valence-electron chi connectivity index (χ0n) is 17.2. The summed E-state index contributed by atoms with van der Waals surface area (Å²) in [6, 6.07) is 3.05. The third-order valence-electron chi connectivity index (χ3n) is 4.97. The summed E-state index contributed by atoms with van der Waals surface area (Å²) in [7, 11) is 0. The van der Waals surface area contributed by atoms with Gasteiger partial charge in [0.25, 0.3) is 5.91 Å². The number of hydrogen-bond donors (Lipinski definition) is 3. The van der Waals surface area contributed by atoms with E-state index in [1.54, 1.807) is 0 Å². The second-order valence-corrected chi connectivity index (χ2v) is 8.33. The molecule has 1 aliphatic rings. The van der Waals surface area contributed by atoms with E-state index in [0.29, 0.717) is 11.3 Å². The van der Waals surface area contributed by atoms with Crippen LogP contribution in [0, 0.1) is 18.6 Å². The van der Waals surface area contributed by atoms with Gasteiger partial charge in [0.2, 0.25) is 0 Å². The average Bonchev–Trinajstić information content (AvgIpc) is 2.95. The van der Waals surface area contributed by atoms with E-state index < -0.39 is 29.2 Å². The van der Waals surface area contributed by atoms with Gasteiger partial charge in [-0.05, 0) is 39.0 Å². The molecule has 3 N–H and O–H groups in total. The van der Waals surface area contributed by atoms with E-state index in [-0.39, 0.29) is 18.2 Å². The highest BCUT2D eigenvalue weighted by Crippen LogP contribution is 2.37. The van der Waals surface area contributed by atoms with E-state index >= 15 is 0 Å². The van der Waals surface area contributed by atoms with Crippen LogP contribution >= 0.6 is 0 Å². The minimum Gasteiger partial charge on any atom is -0.374 e. The molecule has 3 rings (SSSR count). The lowest BCUT2D eigenvalue weighted by atomic mass is 9.82. The number of aryl methyl sites for hydroxylation is 1. The number of nitrogens with zero attached hydrogens (tertiary/aromatic N) is 2. The molecule has 1 atom stereocenters. The van der Waals surface area contributed by atoms with Crippen molar-refractivity contribution in [2.45, 2.75) is 52.3 Å². The van der Waals surface area contributed by atoms with E-state index in [1.807, 2.05) is 34.6 Å². The Balaban J connectivity index is 2.10. The second kappa shape index (κ2) is 7.68. The Kier molecular flexibility index (Phi) is 5.60. The molecule has 0 saturated carbocycles. The fraction of sp³-hybridized carbons (Fsp3) is 0.429. The van der Waals surface area contributed by atoms with Gasteiger partial charge in [0.05, 0.1) is 5.69 Å². The topological polar surface area (TPSA) is 81.2 Å². The summed E-state index contributed by atoms with van der Waals surface area (Å²) in [5, 5.41) is 21.1. The molecule has 0 aliphatic carbocycles. The van der Waals surface area contributed by atoms with Crippen molar-refractivity contribution in [1.82, 2.24) is 20.4 Å². The maximum atomic E-state index is 13.7. The molecule has 1 aliphatic heterocycles. The van der Waals surface area contributed by atoms with Crippen molar-refractivity contribution in [2.24, 2.45) is 0 Å². The summed E-state index contributed by atoms with van der Waals surface area (Å²) in [6.07, 6.45) is 0.475. The number of aliphatic hydroxyl groups excluding tert-OH is 1. The van der Waals surface area contributed by atoms with Crippen LogP contribution in [0.2, 0.25) is 0 Å². The van der Waals surface area contributed by atoms with Crippen LogP contribution in [0.15, 0.2) is 24.4 Å². The third-order valence-corrected chi connectivity index (χ3v) is 4.97. The van der Waals surface area contributed by atoms with Gasteiger partial charge in [-0.1, -0.05) is 13.8 Å². The van der Waals surface area contributed by atoms with E-state index in [1.165, 1.54) is 17.2 Å². The third kappa shape index (κ3) is 4.09. The molecule has 1 amide bonds. The van der Waals surface area contributed by atoms with Crippen molar-refractivity contribution in [3.8, 4) is 0 Å².